The first kappa shape index (κ1) is 21.1. The Balaban J connectivity index is 1.32. The van der Waals surface area contributed by atoms with Crippen molar-refractivity contribution in [1.29, 1.82) is 0 Å². The number of carbonyl (C=O) groups is 2. The molecule has 4 aromatic heterocycles. The van der Waals surface area contributed by atoms with Crippen LogP contribution in [0.1, 0.15) is 10.4 Å². The highest BCUT2D eigenvalue weighted by molar-refractivity contribution is 6.46. The third-order valence-electron chi connectivity index (χ3n) is 5.53. The third kappa shape index (κ3) is 3.71. The van der Waals surface area contributed by atoms with E-state index in [4.69, 9.17) is 4.74 Å². The normalized spacial score (nSPS) is 14.0. The lowest BCUT2D eigenvalue weighted by atomic mass is 10.1. The van der Waals surface area contributed by atoms with Crippen LogP contribution in [0.2, 0.25) is 0 Å². The zero-order chi connectivity index (χ0) is 22.9. The van der Waals surface area contributed by atoms with Crippen LogP contribution in [0, 0.1) is 0 Å². The van der Waals surface area contributed by atoms with E-state index in [9.17, 15) is 9.59 Å². The van der Waals surface area contributed by atoms with Gasteiger partial charge < -0.3 is 19.5 Å². The van der Waals surface area contributed by atoms with E-state index in [0.717, 1.165) is 0 Å². The van der Waals surface area contributed by atoms with Crippen molar-refractivity contribution < 1.29 is 14.3 Å². The van der Waals surface area contributed by atoms with Crippen LogP contribution in [-0.4, -0.2) is 101 Å². The number of ether oxygens (including phenoxy) is 1. The summed E-state index contributed by atoms with van der Waals surface area (Å²) in [5, 5.41) is 12.5. The molecule has 0 aromatic carbocycles. The van der Waals surface area contributed by atoms with Crippen molar-refractivity contribution in [2.45, 2.75) is 0 Å². The van der Waals surface area contributed by atoms with Gasteiger partial charge in [0, 0.05) is 38.6 Å². The Morgan fingerprint density at radius 2 is 1.97 bits per heavy atom. The Morgan fingerprint density at radius 3 is 2.70 bits per heavy atom. The quantitative estimate of drug-likeness (QED) is 0.233. The Morgan fingerprint density at radius 1 is 1.15 bits per heavy atom. The van der Waals surface area contributed by atoms with E-state index in [-0.39, 0.29) is 5.56 Å². The van der Waals surface area contributed by atoms with Crippen molar-refractivity contribution in [2.24, 2.45) is 0 Å². The van der Waals surface area contributed by atoms with Crippen LogP contribution in [0.15, 0.2) is 36.8 Å². The topological polar surface area (TPSA) is 135 Å². The minimum atomic E-state index is -0.595. The van der Waals surface area contributed by atoms with E-state index < -0.39 is 11.7 Å². The molecule has 4 aromatic rings. The maximum absolute atomic E-state index is 13.1. The second-order valence-corrected chi connectivity index (χ2v) is 7.90. The summed E-state index contributed by atoms with van der Waals surface area (Å²) in [6.45, 7) is 1.66. The molecule has 1 fully saturated rings. The van der Waals surface area contributed by atoms with Gasteiger partial charge in [0.25, 0.3) is 17.6 Å². The molecule has 0 bridgehead atoms. The Kier molecular flexibility index (Phi) is 5.49. The number of methoxy groups -OCH3 is 1. The zero-order valence-corrected chi connectivity index (χ0v) is 18.8. The fourth-order valence-corrected chi connectivity index (χ4v) is 4.15. The molecule has 1 saturated heterocycles. The molecular formula is C20H18AlN9O3. The smallest absolute Gasteiger partial charge is 0.295 e. The molecule has 5 rings (SSSR count). The largest absolute Gasteiger partial charge is 0.494 e. The lowest BCUT2D eigenvalue weighted by Crippen LogP contribution is -2.51. The Labute approximate surface area is 196 Å². The number of carbonyl (C=O) groups excluding carboxylic acids is 2. The number of rotatable bonds is 5. The first-order chi connectivity index (χ1) is 16.1. The number of hydrogen-bond acceptors (Lipinski definition) is 9. The number of piperazine rings is 1. The average molecular weight is 459 g/mol. The second-order valence-electron chi connectivity index (χ2n) is 7.35. The number of ketones is 1. The minimum absolute atomic E-state index is 0.263. The van der Waals surface area contributed by atoms with E-state index in [2.05, 4.69) is 46.8 Å². The van der Waals surface area contributed by atoms with Gasteiger partial charge in [-0.3, -0.25) is 14.6 Å². The van der Waals surface area contributed by atoms with E-state index in [1.807, 2.05) is 23.1 Å². The van der Waals surface area contributed by atoms with Crippen molar-refractivity contribution >= 4 is 49.4 Å². The van der Waals surface area contributed by atoms with Crippen LogP contribution >= 0.6 is 0 Å². The van der Waals surface area contributed by atoms with Gasteiger partial charge in [-0.05, 0) is 27.1 Å². The summed E-state index contributed by atoms with van der Waals surface area (Å²) in [4.78, 5) is 41.2. The number of Topliss-reactive ketones (excluding diaryl/α,β-unsaturated/α-hetero) is 1. The predicted octanol–water partition coefficient (Wildman–Crippen LogP) is -0.732. The predicted molar refractivity (Wildman–Crippen MR) is 118 cm³/mol. The fourth-order valence-electron chi connectivity index (χ4n) is 3.85. The maximum atomic E-state index is 13.1. The van der Waals surface area contributed by atoms with Crippen LogP contribution in [0.3, 0.4) is 0 Å². The number of H-pyrrole nitrogens is 1. The van der Waals surface area contributed by atoms with Crippen molar-refractivity contribution in [1.82, 2.24) is 40.1 Å². The summed E-state index contributed by atoms with van der Waals surface area (Å²) in [7, 11) is 1.50. The standard InChI is InChI=1S/C20H18N9O3.Al/c1-32-15-12-21-11-14-17(15)13(10-23-14)18(30)19(31)27-6-8-28(9-7-27)20-24-25-26-29(20)16-4-2-3-5-22-16;/h2-5,10,12,23H,6-9H2,1H3;. The number of aromatic nitrogens is 7. The minimum Gasteiger partial charge on any atom is -0.494 e. The molecule has 0 unspecified atom stereocenters. The average Bonchev–Trinajstić information content (AvgIpc) is 3.53. The molecule has 0 saturated carbocycles. The van der Waals surface area contributed by atoms with Gasteiger partial charge >= 0.3 is 0 Å². The van der Waals surface area contributed by atoms with Gasteiger partial charge in [-0.1, -0.05) is 11.2 Å². The highest BCUT2D eigenvalue weighted by Gasteiger charge is 2.31. The Hall–Kier alpha value is -3.82. The van der Waals surface area contributed by atoms with Gasteiger partial charge in [-0.15, -0.1) is 0 Å². The molecule has 2 radical (unpaired) electrons. The molecule has 0 atom stereocenters. The molecule has 0 spiro atoms. The van der Waals surface area contributed by atoms with E-state index in [1.165, 1.54) is 19.5 Å². The summed E-state index contributed by atoms with van der Waals surface area (Å²) in [5.41, 5.74) is 0.904. The molecule has 33 heavy (non-hydrogen) atoms. The number of fused-ring (bicyclic) bond motifs is 1. The van der Waals surface area contributed by atoms with Crippen LogP contribution < -0.4 is 14.2 Å². The summed E-state index contributed by atoms with van der Waals surface area (Å²) in [5.74, 6) is 0.405. The first-order valence-electron chi connectivity index (χ1n) is 10.2. The van der Waals surface area contributed by atoms with Gasteiger partial charge in [0.15, 0.2) is 5.82 Å². The van der Waals surface area contributed by atoms with Gasteiger partial charge in [0.2, 0.25) is 16.3 Å². The fraction of sp³-hybridized carbons (Fsp3) is 0.250. The van der Waals surface area contributed by atoms with Crippen LogP contribution in [-0.2, 0) is 4.79 Å². The monoisotopic (exact) mass is 459 g/mol. The molecule has 1 aliphatic heterocycles. The lowest BCUT2D eigenvalue weighted by molar-refractivity contribution is -0.126. The molecule has 5 heterocycles. The van der Waals surface area contributed by atoms with E-state index in [1.54, 1.807) is 15.8 Å². The number of anilines is 1. The Bertz CT molecular complexity index is 1330. The van der Waals surface area contributed by atoms with Gasteiger partial charge in [0.05, 0.1) is 29.8 Å². The molecule has 13 heteroatoms. The van der Waals surface area contributed by atoms with Gasteiger partial charge in [-0.25, -0.2) is 4.98 Å². The SMILES string of the molecule is COc1cn[c]([Al])c2[nH]cc(C(=O)C(=O)N3CCN(c4nnnn4-c4ccccn4)CC3)c12. The van der Waals surface area contributed by atoms with Crippen molar-refractivity contribution in [2.75, 3.05) is 38.2 Å². The molecular weight excluding hydrogens is 441 g/mol. The molecule has 1 aliphatic rings. The van der Waals surface area contributed by atoms with E-state index >= 15 is 0 Å². The number of pyridine rings is 2. The van der Waals surface area contributed by atoms with Crippen LogP contribution in [0.25, 0.3) is 16.7 Å². The zero-order valence-electron chi connectivity index (χ0n) is 17.7. The molecule has 1 N–H and O–H groups in total. The third-order valence-corrected chi connectivity index (χ3v) is 5.97. The van der Waals surface area contributed by atoms with Gasteiger partial charge in [0.1, 0.15) is 5.75 Å². The second kappa shape index (κ2) is 8.61. The summed E-state index contributed by atoms with van der Waals surface area (Å²) in [6.07, 6.45) is 4.73. The summed E-state index contributed by atoms with van der Waals surface area (Å²) < 4.78 is 7.54. The lowest BCUT2D eigenvalue weighted by Gasteiger charge is -2.34. The highest BCUT2D eigenvalue weighted by atomic mass is 27.0. The molecule has 12 nitrogen and oxygen atoms in total. The molecule has 164 valence electrons. The first-order valence-corrected chi connectivity index (χ1v) is 10.7. The number of aromatic amines is 1. The summed E-state index contributed by atoms with van der Waals surface area (Å²) >= 11 is 2.50. The van der Waals surface area contributed by atoms with E-state index in [0.29, 0.717) is 59.2 Å². The maximum Gasteiger partial charge on any atom is 0.295 e. The van der Waals surface area contributed by atoms with Crippen LogP contribution in [0.4, 0.5) is 5.95 Å². The van der Waals surface area contributed by atoms with Crippen LogP contribution in [0.5, 0.6) is 5.75 Å². The van der Waals surface area contributed by atoms with Gasteiger partial charge in [-0.2, -0.15) is 4.68 Å². The van der Waals surface area contributed by atoms with Crippen molar-refractivity contribution in [3.05, 3.63) is 42.4 Å². The van der Waals surface area contributed by atoms with Crippen molar-refractivity contribution in [3.8, 4) is 11.6 Å². The number of nitrogens with zero attached hydrogens (tertiary/aromatic N) is 8. The highest BCUT2D eigenvalue weighted by Crippen LogP contribution is 2.27. The molecule has 1 amide bonds. The van der Waals surface area contributed by atoms with Crippen molar-refractivity contribution in [3.63, 3.8) is 0 Å². The number of hydrogen-bond donors (Lipinski definition) is 1. The number of tetrazole rings is 1. The number of amides is 1. The summed E-state index contributed by atoms with van der Waals surface area (Å²) in [6, 6.07) is 5.48. The number of nitrogens with one attached hydrogen (secondary N) is 1. The molecule has 0 aliphatic carbocycles.